The molecule has 3 rings (SSSR count). The average Bonchev–Trinajstić information content (AvgIpc) is 3.31. The van der Waals surface area contributed by atoms with Crippen molar-refractivity contribution in [3.8, 4) is 18.1 Å². The molecule has 12 heteroatoms. The first kappa shape index (κ1) is 27.2. The van der Waals surface area contributed by atoms with Crippen LogP contribution in [0.3, 0.4) is 0 Å². The molecule has 4 unspecified atom stereocenters. The molecule has 1 aliphatic heterocycles. The van der Waals surface area contributed by atoms with Crippen molar-refractivity contribution in [2.45, 2.75) is 39.3 Å². The summed E-state index contributed by atoms with van der Waals surface area (Å²) in [6.07, 6.45) is 7.14. The zero-order chi connectivity index (χ0) is 26.3. The number of nitrogens with zero attached hydrogens (tertiary/aromatic N) is 1. The van der Waals surface area contributed by atoms with Crippen molar-refractivity contribution in [1.82, 2.24) is 14.6 Å². The number of aromatic amines is 1. The third-order valence-electron chi connectivity index (χ3n) is 4.81. The Labute approximate surface area is 207 Å². The highest BCUT2D eigenvalue weighted by Gasteiger charge is 2.33. The average molecular weight is 517 g/mol. The number of terminal acetylenes is 1. The molecule has 2 N–H and O–H groups in total. The van der Waals surface area contributed by atoms with Crippen LogP contribution in [0.5, 0.6) is 5.75 Å². The van der Waals surface area contributed by atoms with Gasteiger partial charge in [0.25, 0.3) is 5.56 Å². The number of hydrogen-bond donors (Lipinski definition) is 2. The van der Waals surface area contributed by atoms with Gasteiger partial charge < -0.3 is 18.7 Å². The number of esters is 1. The highest BCUT2D eigenvalue weighted by Crippen LogP contribution is 2.44. The summed E-state index contributed by atoms with van der Waals surface area (Å²) < 4.78 is 37.0. The molecule has 11 nitrogen and oxygen atoms in total. The summed E-state index contributed by atoms with van der Waals surface area (Å²) in [5.41, 5.74) is -1.44. The van der Waals surface area contributed by atoms with Gasteiger partial charge in [-0.1, -0.05) is 38.0 Å². The molecule has 0 fully saturated rings. The molecule has 1 aromatic heterocycles. The van der Waals surface area contributed by atoms with Gasteiger partial charge in [-0.3, -0.25) is 23.7 Å². The van der Waals surface area contributed by atoms with Crippen molar-refractivity contribution in [2.24, 2.45) is 5.92 Å². The van der Waals surface area contributed by atoms with E-state index in [9.17, 15) is 18.9 Å². The Kier molecular flexibility index (Phi) is 9.07. The number of H-pyrrole nitrogens is 1. The minimum absolute atomic E-state index is 0.0423. The lowest BCUT2D eigenvalue weighted by Gasteiger charge is -2.25. The second-order valence-electron chi connectivity index (χ2n) is 8.38. The Balaban J connectivity index is 1.69. The Morgan fingerprint density at radius 3 is 2.64 bits per heavy atom. The fraction of sp³-hybridized carbons (Fsp3) is 0.375. The molecule has 2 aromatic rings. The number of rotatable bonds is 11. The van der Waals surface area contributed by atoms with Crippen molar-refractivity contribution in [3.05, 3.63) is 75.1 Å². The highest BCUT2D eigenvalue weighted by atomic mass is 31.2. The number of aromatic nitrogens is 2. The lowest BCUT2D eigenvalue weighted by molar-refractivity contribution is -0.146. The van der Waals surface area contributed by atoms with E-state index in [0.29, 0.717) is 5.75 Å². The Morgan fingerprint density at radius 1 is 1.25 bits per heavy atom. The molecule has 0 radical (unpaired) electrons. The van der Waals surface area contributed by atoms with Gasteiger partial charge in [0.05, 0.1) is 6.61 Å². The Morgan fingerprint density at radius 2 is 1.97 bits per heavy atom. The molecule has 0 bridgehead atoms. The third kappa shape index (κ3) is 7.29. The number of hydrogen-bond acceptors (Lipinski definition) is 8. The topological polar surface area (TPSA) is 138 Å². The van der Waals surface area contributed by atoms with Crippen LogP contribution in [0.1, 0.15) is 32.6 Å². The number of nitrogens with one attached hydrogen (secondary N) is 2. The first-order chi connectivity index (χ1) is 17.1. The molecule has 1 aromatic carbocycles. The molecule has 2 heterocycles. The van der Waals surface area contributed by atoms with Gasteiger partial charge in [-0.2, -0.15) is 0 Å². The third-order valence-corrected chi connectivity index (χ3v) is 6.59. The lowest BCUT2D eigenvalue weighted by Crippen LogP contribution is -2.36. The zero-order valence-corrected chi connectivity index (χ0v) is 21.0. The molecule has 0 saturated heterocycles. The normalized spacial score (nSPS) is 19.4. The summed E-state index contributed by atoms with van der Waals surface area (Å²) in [5, 5.41) is 2.70. The maximum absolute atomic E-state index is 13.7. The molecule has 0 amide bonds. The van der Waals surface area contributed by atoms with Gasteiger partial charge >= 0.3 is 19.2 Å². The van der Waals surface area contributed by atoms with E-state index in [1.165, 1.54) is 25.3 Å². The fourth-order valence-corrected chi connectivity index (χ4v) is 4.76. The van der Waals surface area contributed by atoms with Crippen LogP contribution in [0.25, 0.3) is 0 Å². The number of carbonyl (C=O) groups is 1. The maximum Gasteiger partial charge on any atom is 0.342 e. The molecular formula is C24H28N3O8P. The van der Waals surface area contributed by atoms with Crippen LogP contribution in [-0.4, -0.2) is 40.8 Å². The largest absolute Gasteiger partial charge is 0.464 e. The van der Waals surface area contributed by atoms with E-state index < -0.39 is 49.6 Å². The molecular weight excluding hydrogens is 489 g/mol. The van der Waals surface area contributed by atoms with Crippen molar-refractivity contribution in [3.63, 3.8) is 0 Å². The summed E-state index contributed by atoms with van der Waals surface area (Å²) in [6, 6.07) is 7.47. The van der Waals surface area contributed by atoms with Crippen LogP contribution in [-0.2, 0) is 23.6 Å². The standard InChI is InChI=1S/C24H28N3O8P/c1-5-18-13-27(24(30)25-22(18)28)20-11-12-21(34-20)33-15-36(31,35-19-9-7-6-8-10-19)26-17(4)23(29)32-14-16(2)3/h1,6-13,16-17,20-21H,14-15H2,2-4H3,(H,26,31)(H,25,28,30). The predicted octanol–water partition coefficient (Wildman–Crippen LogP) is 2.35. The smallest absolute Gasteiger partial charge is 0.342 e. The van der Waals surface area contributed by atoms with E-state index in [0.717, 1.165) is 4.57 Å². The first-order valence-electron chi connectivity index (χ1n) is 11.2. The van der Waals surface area contributed by atoms with Gasteiger partial charge in [-0.25, -0.2) is 9.88 Å². The van der Waals surface area contributed by atoms with E-state index in [1.807, 2.05) is 13.8 Å². The van der Waals surface area contributed by atoms with Crippen molar-refractivity contribution >= 4 is 13.5 Å². The Bertz CT molecular complexity index is 1290. The van der Waals surface area contributed by atoms with Gasteiger partial charge in [0, 0.05) is 6.20 Å². The number of carbonyl (C=O) groups excluding carboxylic acids is 1. The summed E-state index contributed by atoms with van der Waals surface area (Å²) in [7, 11) is -3.80. The van der Waals surface area contributed by atoms with Crippen LogP contribution in [0, 0.1) is 18.3 Å². The first-order valence-corrected chi connectivity index (χ1v) is 13.0. The predicted molar refractivity (Wildman–Crippen MR) is 131 cm³/mol. The Hall–Kier alpha value is -3.42. The van der Waals surface area contributed by atoms with Crippen molar-refractivity contribution < 1.29 is 28.1 Å². The molecule has 1 aliphatic rings. The minimum atomic E-state index is -3.80. The molecule has 0 saturated carbocycles. The van der Waals surface area contributed by atoms with Crippen LogP contribution in [0.2, 0.25) is 0 Å². The number of ether oxygens (including phenoxy) is 3. The summed E-state index contributed by atoms with van der Waals surface area (Å²) in [5.74, 6) is 2.06. The molecule has 0 spiro atoms. The molecule has 0 aliphatic carbocycles. The van der Waals surface area contributed by atoms with Crippen molar-refractivity contribution in [1.29, 1.82) is 0 Å². The van der Waals surface area contributed by atoms with E-state index in [2.05, 4.69) is 16.0 Å². The van der Waals surface area contributed by atoms with Crippen LogP contribution >= 0.6 is 7.52 Å². The monoisotopic (exact) mass is 517 g/mol. The molecule has 192 valence electrons. The van der Waals surface area contributed by atoms with Gasteiger partial charge in [0.15, 0.2) is 18.9 Å². The van der Waals surface area contributed by atoms with Crippen molar-refractivity contribution in [2.75, 3.05) is 13.0 Å². The van der Waals surface area contributed by atoms with Crippen LogP contribution in [0.4, 0.5) is 0 Å². The second kappa shape index (κ2) is 12.0. The summed E-state index contributed by atoms with van der Waals surface area (Å²) >= 11 is 0. The zero-order valence-electron chi connectivity index (χ0n) is 20.1. The van der Waals surface area contributed by atoms with Gasteiger partial charge in [0.1, 0.15) is 17.4 Å². The molecule has 36 heavy (non-hydrogen) atoms. The van der Waals surface area contributed by atoms with Gasteiger partial charge in [-0.05, 0) is 37.1 Å². The summed E-state index contributed by atoms with van der Waals surface area (Å²) in [6.45, 7) is 5.54. The van der Waals surface area contributed by atoms with Crippen LogP contribution < -0.4 is 20.9 Å². The highest BCUT2D eigenvalue weighted by molar-refractivity contribution is 7.57. The van der Waals surface area contributed by atoms with E-state index in [-0.39, 0.29) is 18.1 Å². The number of para-hydroxylation sites is 1. The maximum atomic E-state index is 13.7. The second-order valence-corrected chi connectivity index (χ2v) is 10.4. The van der Waals surface area contributed by atoms with Gasteiger partial charge in [-0.15, -0.1) is 6.42 Å². The molecule has 4 atom stereocenters. The fourth-order valence-electron chi connectivity index (χ4n) is 3.08. The minimum Gasteiger partial charge on any atom is -0.464 e. The van der Waals surface area contributed by atoms with Crippen LogP contribution in [0.15, 0.2) is 58.3 Å². The van der Waals surface area contributed by atoms with E-state index in [1.54, 1.807) is 30.3 Å². The van der Waals surface area contributed by atoms with E-state index >= 15 is 0 Å². The summed E-state index contributed by atoms with van der Waals surface area (Å²) in [4.78, 5) is 38.3. The quantitative estimate of drug-likeness (QED) is 0.199. The van der Waals surface area contributed by atoms with E-state index in [4.69, 9.17) is 25.2 Å². The number of benzene rings is 1. The SMILES string of the molecule is C#Cc1cn(C2C=CC(OCP(=O)(NC(C)C(=O)OCC(C)C)Oc3ccccc3)O2)c(=O)[nH]c1=O. The lowest BCUT2D eigenvalue weighted by atomic mass is 10.2. The van der Waals surface area contributed by atoms with Gasteiger partial charge in [0.2, 0.25) is 0 Å².